The van der Waals surface area contributed by atoms with E-state index in [0.717, 1.165) is 5.16 Å². The number of imidazole rings is 1. The molecule has 1 aliphatic rings. The van der Waals surface area contributed by atoms with Crippen molar-refractivity contribution in [2.75, 3.05) is 17.7 Å². The fourth-order valence-corrected chi connectivity index (χ4v) is 4.11. The Bertz CT molecular complexity index is 767. The zero-order valence-corrected chi connectivity index (χ0v) is 16.3. The lowest BCUT2D eigenvalue weighted by atomic mass is 9.95. The summed E-state index contributed by atoms with van der Waals surface area (Å²) in [5.41, 5.74) is 1.13. The van der Waals surface area contributed by atoms with E-state index in [9.17, 15) is 9.59 Å². The normalized spacial score (nSPS) is 14.7. The van der Waals surface area contributed by atoms with Gasteiger partial charge >= 0.3 is 5.97 Å². The van der Waals surface area contributed by atoms with Crippen molar-refractivity contribution in [3.05, 3.63) is 42.2 Å². The molecular weight excluding hydrogens is 362 g/mol. The van der Waals surface area contributed by atoms with E-state index in [-0.39, 0.29) is 11.9 Å². The first-order chi connectivity index (χ1) is 13.2. The van der Waals surface area contributed by atoms with Gasteiger partial charge < -0.3 is 14.6 Å². The van der Waals surface area contributed by atoms with Gasteiger partial charge in [-0.2, -0.15) is 0 Å². The van der Waals surface area contributed by atoms with Crippen molar-refractivity contribution in [1.82, 2.24) is 9.55 Å². The van der Waals surface area contributed by atoms with Crippen molar-refractivity contribution in [2.24, 2.45) is 0 Å². The fraction of sp³-hybridized carbons (Fsp3) is 0.450. The summed E-state index contributed by atoms with van der Waals surface area (Å²) in [6.07, 6.45) is 10.0. The zero-order chi connectivity index (χ0) is 19.1. The highest BCUT2D eigenvalue weighted by Gasteiger charge is 2.18. The van der Waals surface area contributed by atoms with Crippen LogP contribution in [-0.2, 0) is 9.53 Å². The Kier molecular flexibility index (Phi) is 6.92. The van der Waals surface area contributed by atoms with Crippen LogP contribution in [0.15, 0.2) is 41.8 Å². The van der Waals surface area contributed by atoms with Gasteiger partial charge in [-0.05, 0) is 44.0 Å². The molecule has 0 bridgehead atoms. The standard InChI is InChI=1S/C20H25N3O3S/c1-2-26-19(25)15-8-10-16(11-9-15)22-18(24)14-27-20-21-12-13-23(20)17-6-4-3-5-7-17/h8-13,17H,2-7,14H2,1H3,(H,22,24). The Morgan fingerprint density at radius 1 is 1.22 bits per heavy atom. The van der Waals surface area contributed by atoms with Crippen molar-refractivity contribution in [1.29, 1.82) is 0 Å². The smallest absolute Gasteiger partial charge is 0.338 e. The molecule has 1 amide bonds. The van der Waals surface area contributed by atoms with Crippen LogP contribution in [0.2, 0.25) is 0 Å². The third-order valence-electron chi connectivity index (χ3n) is 4.61. The molecule has 1 aliphatic carbocycles. The van der Waals surface area contributed by atoms with E-state index in [4.69, 9.17) is 4.74 Å². The lowest BCUT2D eigenvalue weighted by Gasteiger charge is -2.24. The van der Waals surface area contributed by atoms with Crippen LogP contribution in [0.4, 0.5) is 5.69 Å². The average Bonchev–Trinajstić information content (AvgIpc) is 3.16. The van der Waals surface area contributed by atoms with E-state index in [0.29, 0.717) is 29.7 Å². The van der Waals surface area contributed by atoms with Gasteiger partial charge in [-0.15, -0.1) is 0 Å². The van der Waals surface area contributed by atoms with Crippen LogP contribution in [0.5, 0.6) is 0 Å². The highest BCUT2D eigenvalue weighted by atomic mass is 32.2. The Morgan fingerprint density at radius 3 is 2.67 bits per heavy atom. The molecule has 1 heterocycles. The van der Waals surface area contributed by atoms with Crippen LogP contribution in [-0.4, -0.2) is 33.8 Å². The number of rotatable bonds is 7. The molecule has 7 heteroatoms. The number of benzene rings is 1. The Hall–Kier alpha value is -2.28. The van der Waals surface area contributed by atoms with Gasteiger partial charge in [0.15, 0.2) is 5.16 Å². The fourth-order valence-electron chi connectivity index (χ4n) is 3.28. The predicted octanol–water partition coefficient (Wildman–Crippen LogP) is 4.30. The van der Waals surface area contributed by atoms with E-state index < -0.39 is 0 Å². The molecule has 0 atom stereocenters. The average molecular weight is 388 g/mol. The number of amides is 1. The summed E-state index contributed by atoms with van der Waals surface area (Å²) in [7, 11) is 0. The first-order valence-corrected chi connectivity index (χ1v) is 10.4. The number of carbonyl (C=O) groups is 2. The number of hydrogen-bond donors (Lipinski definition) is 1. The lowest BCUT2D eigenvalue weighted by molar-refractivity contribution is -0.113. The molecule has 0 saturated heterocycles. The Morgan fingerprint density at radius 2 is 1.96 bits per heavy atom. The second-order valence-electron chi connectivity index (χ2n) is 6.54. The second kappa shape index (κ2) is 9.60. The molecular formula is C20H25N3O3S. The molecule has 6 nitrogen and oxygen atoms in total. The summed E-state index contributed by atoms with van der Waals surface area (Å²) in [6, 6.07) is 7.21. The summed E-state index contributed by atoms with van der Waals surface area (Å²) in [5, 5.41) is 3.75. The number of anilines is 1. The monoisotopic (exact) mass is 387 g/mol. The lowest BCUT2D eigenvalue weighted by Crippen LogP contribution is -2.16. The van der Waals surface area contributed by atoms with E-state index >= 15 is 0 Å². The van der Waals surface area contributed by atoms with E-state index in [1.54, 1.807) is 31.2 Å². The first-order valence-electron chi connectivity index (χ1n) is 9.40. The van der Waals surface area contributed by atoms with Gasteiger partial charge in [-0.1, -0.05) is 31.0 Å². The van der Waals surface area contributed by atoms with Gasteiger partial charge in [0.25, 0.3) is 0 Å². The van der Waals surface area contributed by atoms with Crippen molar-refractivity contribution in [3.63, 3.8) is 0 Å². The minimum Gasteiger partial charge on any atom is -0.462 e. The number of esters is 1. The number of nitrogens with one attached hydrogen (secondary N) is 1. The largest absolute Gasteiger partial charge is 0.462 e. The van der Waals surface area contributed by atoms with Crippen molar-refractivity contribution in [2.45, 2.75) is 50.2 Å². The maximum atomic E-state index is 12.3. The molecule has 0 unspecified atom stereocenters. The Labute approximate surface area is 163 Å². The van der Waals surface area contributed by atoms with Crippen molar-refractivity contribution >= 4 is 29.3 Å². The molecule has 1 N–H and O–H groups in total. The van der Waals surface area contributed by atoms with Gasteiger partial charge in [0.1, 0.15) is 0 Å². The van der Waals surface area contributed by atoms with Gasteiger partial charge in [-0.25, -0.2) is 9.78 Å². The minimum absolute atomic E-state index is 0.0953. The molecule has 0 radical (unpaired) electrons. The summed E-state index contributed by atoms with van der Waals surface area (Å²) in [5.74, 6) is -0.161. The summed E-state index contributed by atoms with van der Waals surface area (Å²) in [4.78, 5) is 28.3. The molecule has 1 saturated carbocycles. The third-order valence-corrected chi connectivity index (χ3v) is 5.59. The van der Waals surface area contributed by atoms with E-state index in [1.807, 2.05) is 12.4 Å². The maximum absolute atomic E-state index is 12.3. The second-order valence-corrected chi connectivity index (χ2v) is 7.49. The highest BCUT2D eigenvalue weighted by Crippen LogP contribution is 2.31. The van der Waals surface area contributed by atoms with Crippen LogP contribution < -0.4 is 5.32 Å². The van der Waals surface area contributed by atoms with Crippen LogP contribution in [0.1, 0.15) is 55.4 Å². The molecule has 27 heavy (non-hydrogen) atoms. The molecule has 0 aliphatic heterocycles. The van der Waals surface area contributed by atoms with E-state index in [1.165, 1.54) is 43.9 Å². The first kappa shape index (κ1) is 19.5. The molecule has 144 valence electrons. The highest BCUT2D eigenvalue weighted by molar-refractivity contribution is 7.99. The number of aromatic nitrogens is 2. The van der Waals surface area contributed by atoms with Crippen LogP contribution in [0, 0.1) is 0 Å². The van der Waals surface area contributed by atoms with Crippen LogP contribution in [0.25, 0.3) is 0 Å². The maximum Gasteiger partial charge on any atom is 0.338 e. The molecule has 0 spiro atoms. The zero-order valence-electron chi connectivity index (χ0n) is 15.5. The van der Waals surface area contributed by atoms with E-state index in [2.05, 4.69) is 14.9 Å². The van der Waals surface area contributed by atoms with Crippen LogP contribution >= 0.6 is 11.8 Å². The third kappa shape index (κ3) is 5.35. The number of hydrogen-bond acceptors (Lipinski definition) is 5. The topological polar surface area (TPSA) is 73.2 Å². The van der Waals surface area contributed by atoms with Crippen molar-refractivity contribution < 1.29 is 14.3 Å². The molecule has 1 fully saturated rings. The van der Waals surface area contributed by atoms with Gasteiger partial charge in [0, 0.05) is 24.1 Å². The quantitative estimate of drug-likeness (QED) is 0.566. The molecule has 2 aromatic rings. The minimum atomic E-state index is -0.361. The molecule has 1 aromatic heterocycles. The summed E-state index contributed by atoms with van der Waals surface area (Å²) in [6.45, 7) is 2.11. The number of nitrogens with zero attached hydrogens (tertiary/aromatic N) is 2. The number of thioether (sulfide) groups is 1. The number of carbonyl (C=O) groups excluding carboxylic acids is 2. The van der Waals surface area contributed by atoms with Crippen LogP contribution in [0.3, 0.4) is 0 Å². The van der Waals surface area contributed by atoms with Gasteiger partial charge in [-0.3, -0.25) is 4.79 Å². The summed E-state index contributed by atoms with van der Waals surface area (Å²) < 4.78 is 7.16. The molecule has 3 rings (SSSR count). The number of ether oxygens (including phenoxy) is 1. The van der Waals surface area contributed by atoms with Crippen molar-refractivity contribution in [3.8, 4) is 0 Å². The van der Waals surface area contributed by atoms with Gasteiger partial charge in [0.2, 0.25) is 5.91 Å². The summed E-state index contributed by atoms with van der Waals surface area (Å²) >= 11 is 1.46. The van der Waals surface area contributed by atoms with Gasteiger partial charge in [0.05, 0.1) is 17.9 Å². The SMILES string of the molecule is CCOC(=O)c1ccc(NC(=O)CSc2nccn2C2CCCCC2)cc1. The Balaban J connectivity index is 1.51. The molecule has 1 aromatic carbocycles. The predicted molar refractivity (Wildman–Crippen MR) is 106 cm³/mol.